The molecule has 0 aliphatic rings. The van der Waals surface area contributed by atoms with E-state index in [4.69, 9.17) is 10.8 Å². The van der Waals surface area contributed by atoms with Gasteiger partial charge in [-0.3, -0.25) is 57.5 Å². The van der Waals surface area contributed by atoms with Crippen LogP contribution in [0.25, 0.3) is 0 Å². The molecule has 25 heteroatoms. The lowest BCUT2D eigenvalue weighted by Crippen LogP contribution is -2.53. The first-order valence-electron chi connectivity index (χ1n) is 16.6. The van der Waals surface area contributed by atoms with Crippen LogP contribution in [0.5, 0.6) is 0 Å². The molecule has 0 rings (SSSR count). The number of hydrogen-bond donors (Lipinski definition) is 13. The monoisotopic (exact) mass is 786 g/mol. The highest BCUT2D eigenvalue weighted by Crippen LogP contribution is 1.89. The number of rotatable bonds is 23. The summed E-state index contributed by atoms with van der Waals surface area (Å²) in [5, 5.41) is 33.6. The molecule has 0 fully saturated rings. The van der Waals surface area contributed by atoms with Crippen molar-refractivity contribution < 1.29 is 62.6 Å². The van der Waals surface area contributed by atoms with Crippen molar-refractivity contribution in [2.45, 2.75) is 77.8 Å². The van der Waals surface area contributed by atoms with E-state index in [1.165, 1.54) is 41.5 Å². The minimum absolute atomic E-state index is 0.328. The van der Waals surface area contributed by atoms with Gasteiger partial charge < -0.3 is 69.3 Å². The number of amides is 11. The van der Waals surface area contributed by atoms with Crippen molar-refractivity contribution in [3.05, 3.63) is 0 Å². The van der Waals surface area contributed by atoms with Gasteiger partial charge >= 0.3 is 5.97 Å². The Labute approximate surface area is 314 Å². The van der Waals surface area contributed by atoms with Crippen molar-refractivity contribution in [2.75, 3.05) is 39.3 Å². The molecule has 0 radical (unpaired) electrons. The van der Waals surface area contributed by atoms with E-state index < -0.39 is 140 Å². The van der Waals surface area contributed by atoms with Crippen molar-refractivity contribution in [3.63, 3.8) is 0 Å². The predicted molar refractivity (Wildman–Crippen MR) is 187 cm³/mol. The molecular weight excluding hydrogens is 736 g/mol. The van der Waals surface area contributed by atoms with E-state index >= 15 is 0 Å². The molecule has 55 heavy (non-hydrogen) atoms. The molecule has 0 saturated heterocycles. The van der Waals surface area contributed by atoms with Crippen LogP contribution in [0.1, 0.15) is 41.5 Å². The van der Waals surface area contributed by atoms with Crippen molar-refractivity contribution >= 4 is 70.9 Å². The Morgan fingerprint density at radius 2 is 0.545 bits per heavy atom. The number of carboxylic acids is 1. The molecule has 0 bridgehead atoms. The Balaban J connectivity index is 4.45. The number of aliphatic carboxylic acids is 1. The minimum Gasteiger partial charge on any atom is -0.480 e. The molecule has 14 N–H and O–H groups in total. The molecular formula is C30H50N12O13. The van der Waals surface area contributed by atoms with E-state index in [-0.39, 0.29) is 6.54 Å². The molecule has 0 aromatic heterocycles. The van der Waals surface area contributed by atoms with Crippen LogP contribution in [0.3, 0.4) is 0 Å². The quantitative estimate of drug-likeness (QED) is 0.0458. The standard InChI is InChI=1S/C30H50N12O13/c1-13(37-19(43)7-31)25(49)32-8-20(44)38-14(2)26(50)33-9-21(45)39-15(3)27(51)34-10-22(46)40-16(4)28(52)35-11-23(47)41-17(5)29(53)36-12-24(48)42-18(6)30(54)55/h13-18H,7-12,31H2,1-6H3,(H,32,49)(H,33,50)(H,34,51)(H,35,52)(H,36,53)(H,37,43)(H,38,44)(H,39,45)(H,40,46)(H,41,47)(H,42,48)(H,54,55)/t13-,14-,15-,16-,17-,18-/m0/s1. The first-order valence-corrected chi connectivity index (χ1v) is 16.6. The average Bonchev–Trinajstić information content (AvgIpc) is 3.12. The molecule has 0 spiro atoms. The van der Waals surface area contributed by atoms with Crippen LogP contribution in [0.4, 0.5) is 0 Å². The van der Waals surface area contributed by atoms with Crippen molar-refractivity contribution in [1.82, 2.24) is 58.5 Å². The van der Waals surface area contributed by atoms with Gasteiger partial charge in [-0.05, 0) is 41.5 Å². The van der Waals surface area contributed by atoms with Gasteiger partial charge in [-0.2, -0.15) is 0 Å². The number of carbonyl (C=O) groups is 12. The maximum absolute atomic E-state index is 12.4. The number of nitrogens with two attached hydrogens (primary N) is 1. The molecule has 0 aromatic carbocycles. The normalized spacial score (nSPS) is 13.6. The highest BCUT2D eigenvalue weighted by atomic mass is 16.4. The summed E-state index contributed by atoms with van der Waals surface area (Å²) in [5.41, 5.74) is 5.15. The minimum atomic E-state index is -1.27. The maximum Gasteiger partial charge on any atom is 0.325 e. The smallest absolute Gasteiger partial charge is 0.325 e. The summed E-state index contributed by atoms with van der Waals surface area (Å²) in [6.45, 7) is 4.63. The predicted octanol–water partition coefficient (Wildman–Crippen LogP) is -8.36. The van der Waals surface area contributed by atoms with Crippen molar-refractivity contribution in [2.24, 2.45) is 5.73 Å². The van der Waals surface area contributed by atoms with E-state index in [2.05, 4.69) is 58.5 Å². The molecule has 0 aromatic rings. The summed E-state index contributed by atoms with van der Waals surface area (Å²) in [7, 11) is 0. The van der Waals surface area contributed by atoms with E-state index in [9.17, 15) is 57.5 Å². The van der Waals surface area contributed by atoms with Crippen LogP contribution in [0, 0.1) is 0 Å². The zero-order valence-corrected chi connectivity index (χ0v) is 31.1. The van der Waals surface area contributed by atoms with Gasteiger partial charge in [0, 0.05) is 0 Å². The molecule has 0 aliphatic heterocycles. The number of nitrogens with one attached hydrogen (secondary N) is 11. The van der Waals surface area contributed by atoms with Gasteiger partial charge in [0.1, 0.15) is 36.3 Å². The van der Waals surface area contributed by atoms with Gasteiger partial charge in [-0.1, -0.05) is 0 Å². The summed E-state index contributed by atoms with van der Waals surface area (Å²) < 4.78 is 0. The summed E-state index contributed by atoms with van der Waals surface area (Å²) in [6, 6.07) is -6.73. The number of hydrogen-bond acceptors (Lipinski definition) is 13. The first kappa shape index (κ1) is 48.6. The van der Waals surface area contributed by atoms with E-state index in [0.717, 1.165) is 0 Å². The van der Waals surface area contributed by atoms with Crippen LogP contribution in [-0.4, -0.2) is 152 Å². The Kier molecular flexibility index (Phi) is 21.9. The van der Waals surface area contributed by atoms with Gasteiger partial charge in [0.25, 0.3) is 0 Å². The summed E-state index contributed by atoms with van der Waals surface area (Å²) in [4.78, 5) is 143. The van der Waals surface area contributed by atoms with E-state index in [1.54, 1.807) is 0 Å². The molecule has 0 aliphatic carbocycles. The van der Waals surface area contributed by atoms with Gasteiger partial charge in [0.15, 0.2) is 0 Å². The lowest BCUT2D eigenvalue weighted by molar-refractivity contribution is -0.141. The highest BCUT2D eigenvalue weighted by molar-refractivity contribution is 5.96. The summed E-state index contributed by atoms with van der Waals surface area (Å²) in [5.74, 6) is -9.52. The lowest BCUT2D eigenvalue weighted by Gasteiger charge is -2.18. The molecule has 308 valence electrons. The largest absolute Gasteiger partial charge is 0.480 e. The van der Waals surface area contributed by atoms with E-state index in [1.807, 2.05) is 0 Å². The third kappa shape index (κ3) is 21.0. The number of carboxylic acid groups (broad SMARTS) is 1. The van der Waals surface area contributed by atoms with Crippen molar-refractivity contribution in [3.8, 4) is 0 Å². The molecule has 0 heterocycles. The fraction of sp³-hybridized carbons (Fsp3) is 0.600. The summed E-state index contributed by atoms with van der Waals surface area (Å²) in [6.07, 6.45) is 0. The summed E-state index contributed by atoms with van der Waals surface area (Å²) >= 11 is 0. The van der Waals surface area contributed by atoms with E-state index in [0.29, 0.717) is 0 Å². The zero-order chi connectivity index (χ0) is 42.4. The Morgan fingerprint density at radius 1 is 0.364 bits per heavy atom. The van der Waals surface area contributed by atoms with Crippen LogP contribution in [-0.2, 0) is 57.5 Å². The Bertz CT molecular complexity index is 1470. The second kappa shape index (κ2) is 24.8. The second-order valence-electron chi connectivity index (χ2n) is 11.9. The third-order valence-electron chi connectivity index (χ3n) is 6.90. The highest BCUT2D eigenvalue weighted by Gasteiger charge is 2.23. The molecule has 25 nitrogen and oxygen atoms in total. The van der Waals surface area contributed by atoms with Gasteiger partial charge in [-0.25, -0.2) is 0 Å². The van der Waals surface area contributed by atoms with Crippen LogP contribution in [0.15, 0.2) is 0 Å². The maximum atomic E-state index is 12.4. The molecule has 6 atom stereocenters. The first-order chi connectivity index (χ1) is 25.6. The molecule has 0 saturated carbocycles. The fourth-order valence-electron chi connectivity index (χ4n) is 3.75. The van der Waals surface area contributed by atoms with Gasteiger partial charge in [0.2, 0.25) is 65.0 Å². The Morgan fingerprint density at radius 3 is 0.727 bits per heavy atom. The molecule has 0 unspecified atom stereocenters. The lowest BCUT2D eigenvalue weighted by atomic mass is 10.2. The topological polar surface area (TPSA) is 383 Å². The van der Waals surface area contributed by atoms with Gasteiger partial charge in [-0.15, -0.1) is 0 Å². The van der Waals surface area contributed by atoms with Gasteiger partial charge in [0.05, 0.1) is 39.3 Å². The average molecular weight is 787 g/mol. The molecule has 11 amide bonds. The van der Waals surface area contributed by atoms with Crippen LogP contribution >= 0.6 is 0 Å². The van der Waals surface area contributed by atoms with Crippen LogP contribution in [0.2, 0.25) is 0 Å². The third-order valence-corrected chi connectivity index (χ3v) is 6.90. The second-order valence-corrected chi connectivity index (χ2v) is 11.9. The Hall–Kier alpha value is -6.40. The van der Waals surface area contributed by atoms with Crippen molar-refractivity contribution in [1.29, 1.82) is 0 Å². The number of carbonyl (C=O) groups excluding carboxylic acids is 11. The SMILES string of the molecule is C[C@H](NC(=O)CNC(=O)[C@H](C)NC(=O)CNC(=O)[C@H](C)NC(=O)CNC(=O)[C@H](C)NC(=O)CNC(=O)[C@H](C)NC(=O)CNC(=O)[C@H](C)NC(=O)CN)C(=O)O. The zero-order valence-electron chi connectivity index (χ0n) is 31.1. The van der Waals surface area contributed by atoms with Crippen LogP contribution < -0.4 is 64.2 Å². The fourth-order valence-corrected chi connectivity index (χ4v) is 3.75.